The van der Waals surface area contributed by atoms with Crippen LogP contribution in [0.2, 0.25) is 0 Å². The van der Waals surface area contributed by atoms with Crippen LogP contribution in [-0.4, -0.2) is 40.0 Å². The van der Waals surface area contributed by atoms with E-state index in [-0.39, 0.29) is 36.2 Å². The zero-order chi connectivity index (χ0) is 18.1. The van der Waals surface area contributed by atoms with Gasteiger partial charge >= 0.3 is 0 Å². The highest BCUT2D eigenvalue weighted by Crippen LogP contribution is 2.36. The summed E-state index contributed by atoms with van der Waals surface area (Å²) in [6, 6.07) is 8.03. The van der Waals surface area contributed by atoms with Crippen molar-refractivity contribution in [1.82, 2.24) is 15.3 Å². The summed E-state index contributed by atoms with van der Waals surface area (Å²) in [5.41, 5.74) is 2.05. The lowest BCUT2D eigenvalue weighted by Gasteiger charge is -2.09. The Balaban J connectivity index is 1.50. The van der Waals surface area contributed by atoms with E-state index in [2.05, 4.69) is 20.6 Å². The Morgan fingerprint density at radius 3 is 3.12 bits per heavy atom. The molecule has 7 heteroatoms. The summed E-state index contributed by atoms with van der Waals surface area (Å²) in [5, 5.41) is 17.3. The lowest BCUT2D eigenvalue weighted by molar-refractivity contribution is -0.119. The predicted molar refractivity (Wildman–Crippen MR) is 98.5 cm³/mol. The molecule has 136 valence electrons. The number of aromatic hydroxyl groups is 1. The number of aromatic amines is 1. The van der Waals surface area contributed by atoms with Crippen LogP contribution in [0.1, 0.15) is 37.0 Å². The first-order valence-corrected chi connectivity index (χ1v) is 8.89. The molecule has 1 aliphatic heterocycles. The molecular formula is C19H22N4O3. The molecule has 0 radical (unpaired) electrons. The highest BCUT2D eigenvalue weighted by molar-refractivity contribution is 5.87. The average molecular weight is 354 g/mol. The lowest BCUT2D eigenvalue weighted by atomic mass is 9.98. The number of nitrogens with one attached hydrogen (secondary N) is 3. The summed E-state index contributed by atoms with van der Waals surface area (Å²) in [6.45, 7) is 2.95. The molecule has 1 fully saturated rings. The van der Waals surface area contributed by atoms with Crippen molar-refractivity contribution in [2.75, 3.05) is 18.4 Å². The molecule has 0 saturated carbocycles. The predicted octanol–water partition coefficient (Wildman–Crippen LogP) is 2.75. The van der Waals surface area contributed by atoms with Crippen LogP contribution >= 0.6 is 0 Å². The number of carbonyl (C=O) groups excluding carboxylic acids is 1. The van der Waals surface area contributed by atoms with Gasteiger partial charge in [0.1, 0.15) is 0 Å². The minimum atomic E-state index is -0.179. The molecular weight excluding hydrogens is 332 g/mol. The standard InChI is InChI=1S/C19H22N4O3/c1-11(13-9-21-14-6-3-2-5-12(13)14)17-18(25)23-19(26-17)22-10-16(24)15-7-4-8-20-15/h2-3,5-6,9,11,15,20-21,25H,4,7-8,10H2,1H3,(H,22,23)/t11-,15+/m1/s1. The second-order valence-corrected chi connectivity index (χ2v) is 6.69. The fourth-order valence-electron chi connectivity index (χ4n) is 3.52. The molecule has 4 N–H and O–H groups in total. The van der Waals surface area contributed by atoms with Gasteiger partial charge in [-0.15, -0.1) is 0 Å². The zero-order valence-electron chi connectivity index (χ0n) is 14.6. The first-order chi connectivity index (χ1) is 12.6. The molecule has 7 nitrogen and oxygen atoms in total. The van der Waals surface area contributed by atoms with Gasteiger partial charge in [-0.2, -0.15) is 4.98 Å². The number of aromatic nitrogens is 2. The van der Waals surface area contributed by atoms with Crippen molar-refractivity contribution in [1.29, 1.82) is 0 Å². The van der Waals surface area contributed by atoms with Crippen LogP contribution in [0.4, 0.5) is 6.01 Å². The molecule has 2 aromatic heterocycles. The van der Waals surface area contributed by atoms with Gasteiger partial charge in [0, 0.05) is 23.0 Å². The maximum absolute atomic E-state index is 12.1. The molecule has 2 atom stereocenters. The normalized spacial score (nSPS) is 18.3. The van der Waals surface area contributed by atoms with Gasteiger partial charge in [-0.25, -0.2) is 0 Å². The third kappa shape index (κ3) is 3.06. The van der Waals surface area contributed by atoms with E-state index in [1.807, 2.05) is 37.4 Å². The number of oxazole rings is 1. The van der Waals surface area contributed by atoms with Crippen LogP contribution in [-0.2, 0) is 4.79 Å². The number of Topliss-reactive ketones (excluding diaryl/α,β-unsaturated/α-hetero) is 1. The number of fused-ring (bicyclic) bond motifs is 1. The number of benzene rings is 1. The van der Waals surface area contributed by atoms with Crippen LogP contribution in [0.5, 0.6) is 5.88 Å². The molecule has 1 saturated heterocycles. The van der Waals surface area contributed by atoms with E-state index < -0.39 is 0 Å². The maximum atomic E-state index is 12.1. The number of nitrogens with zero attached hydrogens (tertiary/aromatic N) is 1. The summed E-state index contributed by atoms with van der Waals surface area (Å²) < 4.78 is 5.70. The van der Waals surface area contributed by atoms with Gasteiger partial charge in [-0.05, 0) is 31.0 Å². The first-order valence-electron chi connectivity index (χ1n) is 8.89. The van der Waals surface area contributed by atoms with E-state index >= 15 is 0 Å². The van der Waals surface area contributed by atoms with E-state index in [1.165, 1.54) is 0 Å². The molecule has 4 rings (SSSR count). The van der Waals surface area contributed by atoms with E-state index in [4.69, 9.17) is 4.42 Å². The van der Waals surface area contributed by atoms with Gasteiger partial charge < -0.3 is 25.1 Å². The number of hydrogen-bond acceptors (Lipinski definition) is 6. The molecule has 0 amide bonds. The number of ketones is 1. The number of carbonyl (C=O) groups is 1. The summed E-state index contributed by atoms with van der Waals surface area (Å²) in [5.74, 6) is 0.119. The summed E-state index contributed by atoms with van der Waals surface area (Å²) in [4.78, 5) is 19.4. The van der Waals surface area contributed by atoms with Crippen molar-refractivity contribution in [2.45, 2.75) is 31.7 Å². The van der Waals surface area contributed by atoms with Crippen molar-refractivity contribution in [3.63, 3.8) is 0 Å². The second kappa shape index (κ2) is 6.84. The third-order valence-electron chi connectivity index (χ3n) is 4.98. The topological polar surface area (TPSA) is 103 Å². The largest absolute Gasteiger partial charge is 0.491 e. The van der Waals surface area contributed by atoms with Crippen LogP contribution in [0.3, 0.4) is 0 Å². The van der Waals surface area contributed by atoms with Crippen LogP contribution in [0.15, 0.2) is 34.9 Å². The highest BCUT2D eigenvalue weighted by atomic mass is 16.4. The van der Waals surface area contributed by atoms with Gasteiger partial charge in [0.25, 0.3) is 11.9 Å². The first kappa shape index (κ1) is 16.7. The van der Waals surface area contributed by atoms with Crippen LogP contribution < -0.4 is 10.6 Å². The summed E-state index contributed by atoms with van der Waals surface area (Å²) in [6.07, 6.45) is 3.79. The Morgan fingerprint density at radius 2 is 2.31 bits per heavy atom. The highest BCUT2D eigenvalue weighted by Gasteiger charge is 2.25. The Hall–Kier alpha value is -2.80. The minimum absolute atomic E-state index is 0.0754. The number of anilines is 1. The molecule has 1 aliphatic rings. The quantitative estimate of drug-likeness (QED) is 0.543. The van der Waals surface area contributed by atoms with Gasteiger partial charge in [0.05, 0.1) is 12.6 Å². The second-order valence-electron chi connectivity index (χ2n) is 6.69. The molecule has 0 unspecified atom stereocenters. The number of rotatable bonds is 6. The van der Waals surface area contributed by atoms with Crippen molar-refractivity contribution >= 4 is 22.7 Å². The zero-order valence-corrected chi connectivity index (χ0v) is 14.6. The molecule has 1 aromatic carbocycles. The lowest BCUT2D eigenvalue weighted by Crippen LogP contribution is -2.35. The number of H-pyrrole nitrogens is 1. The van der Waals surface area contributed by atoms with Crippen LogP contribution in [0, 0.1) is 0 Å². The van der Waals surface area contributed by atoms with E-state index in [9.17, 15) is 9.90 Å². The molecule has 3 heterocycles. The fraction of sp³-hybridized carbons (Fsp3) is 0.368. The third-order valence-corrected chi connectivity index (χ3v) is 4.98. The monoisotopic (exact) mass is 354 g/mol. The van der Waals surface area contributed by atoms with E-state index in [0.717, 1.165) is 35.9 Å². The Kier molecular flexibility index (Phi) is 4.38. The van der Waals surface area contributed by atoms with Crippen molar-refractivity contribution < 1.29 is 14.3 Å². The summed E-state index contributed by atoms with van der Waals surface area (Å²) in [7, 11) is 0. The van der Waals surface area contributed by atoms with Crippen molar-refractivity contribution in [3.05, 3.63) is 41.8 Å². The van der Waals surface area contributed by atoms with Crippen molar-refractivity contribution in [3.8, 4) is 5.88 Å². The van der Waals surface area contributed by atoms with Gasteiger partial charge in [-0.1, -0.05) is 25.1 Å². The average Bonchev–Trinajstić information content (AvgIpc) is 3.38. The Bertz CT molecular complexity index is 924. The number of hydrogen-bond donors (Lipinski definition) is 4. The minimum Gasteiger partial charge on any atom is -0.491 e. The fourth-order valence-corrected chi connectivity index (χ4v) is 3.52. The summed E-state index contributed by atoms with van der Waals surface area (Å²) >= 11 is 0. The Morgan fingerprint density at radius 1 is 1.46 bits per heavy atom. The maximum Gasteiger partial charge on any atom is 0.298 e. The van der Waals surface area contributed by atoms with Crippen LogP contribution in [0.25, 0.3) is 10.9 Å². The number of para-hydroxylation sites is 1. The van der Waals surface area contributed by atoms with Crippen molar-refractivity contribution in [2.24, 2.45) is 0 Å². The molecule has 0 bridgehead atoms. The SMILES string of the molecule is C[C@@H](c1oc(NCC(=O)[C@@H]2CCCN2)nc1O)c1c[nH]c2ccccc12. The smallest absolute Gasteiger partial charge is 0.298 e. The van der Waals surface area contributed by atoms with E-state index in [1.54, 1.807) is 0 Å². The van der Waals surface area contributed by atoms with Gasteiger partial charge in [-0.3, -0.25) is 4.79 Å². The molecule has 0 spiro atoms. The van der Waals surface area contributed by atoms with Gasteiger partial charge in [0.15, 0.2) is 11.5 Å². The molecule has 0 aliphatic carbocycles. The molecule has 3 aromatic rings. The van der Waals surface area contributed by atoms with Gasteiger partial charge in [0.2, 0.25) is 0 Å². The molecule has 26 heavy (non-hydrogen) atoms. The Labute approximate surface area is 150 Å². The van der Waals surface area contributed by atoms with E-state index in [0.29, 0.717) is 5.76 Å².